The van der Waals surface area contributed by atoms with Gasteiger partial charge in [0.1, 0.15) is 11.4 Å². The van der Waals surface area contributed by atoms with Gasteiger partial charge in [0, 0.05) is 30.0 Å². The van der Waals surface area contributed by atoms with Crippen LogP contribution in [0.25, 0.3) is 0 Å². The Morgan fingerprint density at radius 3 is 2.57 bits per heavy atom. The average Bonchev–Trinajstić information content (AvgIpc) is 2.47. The van der Waals surface area contributed by atoms with Gasteiger partial charge in [-0.25, -0.2) is 0 Å². The quantitative estimate of drug-likeness (QED) is 0.591. The molecule has 6 heteroatoms. The number of halogens is 1. The molecule has 0 atom stereocenters. The van der Waals surface area contributed by atoms with Crippen LogP contribution in [0, 0.1) is 6.92 Å². The number of nitrogens with zero attached hydrogens (tertiary/aromatic N) is 1. The highest BCUT2D eigenvalue weighted by molar-refractivity contribution is 9.10. The standard InChI is InChI=1S/C15H18BrN3O2/c1-9-7-10(16)8-19-11(9)5-3-4-6-18-13-12(17-2)14(20)15(13)21/h7-8,17-18H,3-6H2,1-2H3. The van der Waals surface area contributed by atoms with Gasteiger partial charge in [-0.05, 0) is 53.7 Å². The number of pyridine rings is 1. The van der Waals surface area contributed by atoms with E-state index in [9.17, 15) is 9.59 Å². The van der Waals surface area contributed by atoms with Gasteiger partial charge >= 0.3 is 0 Å². The van der Waals surface area contributed by atoms with Gasteiger partial charge < -0.3 is 10.6 Å². The van der Waals surface area contributed by atoms with Crippen molar-refractivity contribution in [3.63, 3.8) is 0 Å². The van der Waals surface area contributed by atoms with Crippen LogP contribution in [0.15, 0.2) is 26.3 Å². The number of rotatable bonds is 7. The van der Waals surface area contributed by atoms with E-state index in [4.69, 9.17) is 0 Å². The molecule has 0 saturated heterocycles. The Bertz CT molecular complexity index is 705. The molecule has 0 aliphatic rings. The second kappa shape index (κ2) is 6.85. The van der Waals surface area contributed by atoms with Crippen LogP contribution >= 0.6 is 15.9 Å². The van der Waals surface area contributed by atoms with Crippen molar-refractivity contribution in [1.82, 2.24) is 4.98 Å². The third kappa shape index (κ3) is 3.50. The molecule has 0 amide bonds. The summed E-state index contributed by atoms with van der Waals surface area (Å²) in [5.41, 5.74) is 2.23. The van der Waals surface area contributed by atoms with E-state index in [1.165, 1.54) is 5.56 Å². The van der Waals surface area contributed by atoms with Gasteiger partial charge in [-0.1, -0.05) is 0 Å². The molecule has 21 heavy (non-hydrogen) atoms. The monoisotopic (exact) mass is 351 g/mol. The highest BCUT2D eigenvalue weighted by Gasteiger charge is 2.18. The summed E-state index contributed by atoms with van der Waals surface area (Å²) in [7, 11) is 1.64. The van der Waals surface area contributed by atoms with Crippen LogP contribution in [0.3, 0.4) is 0 Å². The number of nitrogens with one attached hydrogen (secondary N) is 2. The van der Waals surface area contributed by atoms with Crippen LogP contribution in [0.2, 0.25) is 0 Å². The topological polar surface area (TPSA) is 71.1 Å². The summed E-state index contributed by atoms with van der Waals surface area (Å²) in [5, 5.41) is 5.77. The Hall–Kier alpha value is -1.69. The number of aromatic nitrogens is 1. The lowest BCUT2D eigenvalue weighted by atomic mass is 10.1. The molecule has 0 aliphatic carbocycles. The van der Waals surface area contributed by atoms with E-state index in [-0.39, 0.29) is 0 Å². The summed E-state index contributed by atoms with van der Waals surface area (Å²) in [4.78, 5) is 27.0. The van der Waals surface area contributed by atoms with Crippen molar-refractivity contribution in [3.8, 4) is 0 Å². The third-order valence-electron chi connectivity index (χ3n) is 3.46. The molecule has 0 bridgehead atoms. The largest absolute Gasteiger partial charge is 0.383 e. The minimum absolute atomic E-state index is 0.394. The number of aryl methyl sites for hydroxylation is 2. The second-order valence-electron chi connectivity index (χ2n) is 4.96. The Morgan fingerprint density at radius 2 is 1.90 bits per heavy atom. The zero-order valence-corrected chi connectivity index (χ0v) is 13.7. The number of hydrogen-bond donors (Lipinski definition) is 2. The molecule has 1 aromatic heterocycles. The van der Waals surface area contributed by atoms with E-state index in [1.807, 2.05) is 13.1 Å². The maximum absolute atomic E-state index is 11.4. The van der Waals surface area contributed by atoms with Crippen molar-refractivity contribution < 1.29 is 0 Å². The SMILES string of the molecule is CNc1c(NCCCCc2ncc(Br)cc2C)c(=O)c1=O. The van der Waals surface area contributed by atoms with Gasteiger partial charge in [0.05, 0.1) is 0 Å². The van der Waals surface area contributed by atoms with Crippen molar-refractivity contribution in [2.24, 2.45) is 0 Å². The lowest BCUT2D eigenvalue weighted by molar-refractivity contribution is 0.744. The summed E-state index contributed by atoms with van der Waals surface area (Å²) in [6, 6.07) is 2.06. The lowest BCUT2D eigenvalue weighted by Crippen LogP contribution is -2.36. The van der Waals surface area contributed by atoms with Crippen LogP contribution in [-0.4, -0.2) is 18.6 Å². The summed E-state index contributed by atoms with van der Waals surface area (Å²) >= 11 is 3.40. The molecule has 2 aromatic rings. The first-order chi connectivity index (χ1) is 10.0. The van der Waals surface area contributed by atoms with E-state index in [0.717, 1.165) is 29.4 Å². The molecular formula is C15H18BrN3O2. The first-order valence-corrected chi connectivity index (χ1v) is 7.70. The fraction of sp³-hybridized carbons (Fsp3) is 0.400. The Balaban J connectivity index is 1.77. The first kappa shape index (κ1) is 15.7. The third-order valence-corrected chi connectivity index (χ3v) is 3.89. The van der Waals surface area contributed by atoms with Crippen molar-refractivity contribution in [1.29, 1.82) is 0 Å². The highest BCUT2D eigenvalue weighted by Crippen LogP contribution is 2.16. The van der Waals surface area contributed by atoms with E-state index in [0.29, 0.717) is 17.9 Å². The fourth-order valence-corrected chi connectivity index (χ4v) is 2.71. The first-order valence-electron chi connectivity index (χ1n) is 6.90. The molecule has 0 spiro atoms. The summed E-state index contributed by atoms with van der Waals surface area (Å²) in [6.45, 7) is 2.73. The predicted octanol–water partition coefficient (Wildman–Crippen LogP) is 2.23. The molecule has 0 aliphatic heterocycles. The Morgan fingerprint density at radius 1 is 1.19 bits per heavy atom. The van der Waals surface area contributed by atoms with E-state index in [2.05, 4.69) is 37.6 Å². The van der Waals surface area contributed by atoms with Gasteiger partial charge in [-0.3, -0.25) is 14.6 Å². The molecule has 1 aromatic carbocycles. The number of anilines is 2. The molecule has 5 nitrogen and oxygen atoms in total. The molecule has 112 valence electrons. The number of hydrogen-bond acceptors (Lipinski definition) is 5. The summed E-state index contributed by atoms with van der Waals surface area (Å²) in [6.07, 6.45) is 4.61. The van der Waals surface area contributed by atoms with Gasteiger partial charge in [0.2, 0.25) is 0 Å². The minimum atomic E-state index is -0.435. The van der Waals surface area contributed by atoms with Gasteiger partial charge in [0.25, 0.3) is 10.9 Å². The Labute approximate surface area is 131 Å². The molecule has 0 fully saturated rings. The van der Waals surface area contributed by atoms with Crippen LogP contribution in [0.4, 0.5) is 11.4 Å². The average molecular weight is 352 g/mol. The normalized spacial score (nSPS) is 10.8. The lowest BCUT2D eigenvalue weighted by Gasteiger charge is -2.12. The van der Waals surface area contributed by atoms with Gasteiger partial charge in [0.15, 0.2) is 0 Å². The second-order valence-corrected chi connectivity index (χ2v) is 5.87. The van der Waals surface area contributed by atoms with Gasteiger partial charge in [-0.2, -0.15) is 0 Å². The molecule has 2 N–H and O–H groups in total. The van der Waals surface area contributed by atoms with E-state index in [1.54, 1.807) is 7.05 Å². The summed E-state index contributed by atoms with van der Waals surface area (Å²) < 4.78 is 0.991. The van der Waals surface area contributed by atoms with Crippen LogP contribution in [-0.2, 0) is 6.42 Å². The fourth-order valence-electron chi connectivity index (χ4n) is 2.26. The van der Waals surface area contributed by atoms with Crippen LogP contribution in [0.5, 0.6) is 0 Å². The Kier molecular flexibility index (Phi) is 5.12. The van der Waals surface area contributed by atoms with E-state index >= 15 is 0 Å². The highest BCUT2D eigenvalue weighted by atomic mass is 79.9. The molecule has 0 unspecified atom stereocenters. The van der Waals surface area contributed by atoms with Crippen molar-refractivity contribution in [2.75, 3.05) is 24.2 Å². The molecular weight excluding hydrogens is 334 g/mol. The van der Waals surface area contributed by atoms with Crippen LogP contribution < -0.4 is 21.5 Å². The molecule has 0 radical (unpaired) electrons. The zero-order valence-electron chi connectivity index (χ0n) is 12.1. The molecule has 0 saturated carbocycles. The predicted molar refractivity (Wildman–Crippen MR) is 89.0 cm³/mol. The molecule has 1 heterocycles. The smallest absolute Gasteiger partial charge is 0.253 e. The van der Waals surface area contributed by atoms with Crippen molar-refractivity contribution in [3.05, 3.63) is 48.4 Å². The van der Waals surface area contributed by atoms with E-state index < -0.39 is 10.9 Å². The van der Waals surface area contributed by atoms with Gasteiger partial charge in [-0.15, -0.1) is 0 Å². The zero-order chi connectivity index (χ0) is 15.4. The number of unbranched alkanes of at least 4 members (excludes halogenated alkanes) is 1. The molecule has 2 rings (SSSR count). The maximum Gasteiger partial charge on any atom is 0.253 e. The summed E-state index contributed by atoms with van der Waals surface area (Å²) in [5.74, 6) is 0. The van der Waals surface area contributed by atoms with Crippen molar-refractivity contribution >= 4 is 27.3 Å². The van der Waals surface area contributed by atoms with Crippen LogP contribution in [0.1, 0.15) is 24.1 Å². The minimum Gasteiger partial charge on any atom is -0.383 e. The van der Waals surface area contributed by atoms with Crippen molar-refractivity contribution in [2.45, 2.75) is 26.2 Å². The maximum atomic E-state index is 11.4.